The molecule has 8 nitrogen and oxygen atoms in total. The van der Waals surface area contributed by atoms with Crippen molar-refractivity contribution in [2.45, 2.75) is 38.5 Å². The molecule has 1 aliphatic heterocycles. The summed E-state index contributed by atoms with van der Waals surface area (Å²) in [6, 6.07) is -0.332. The number of rotatable bonds is 8. The van der Waals surface area contributed by atoms with E-state index in [1.165, 1.54) is 0 Å². The van der Waals surface area contributed by atoms with Crippen LogP contribution in [-0.2, 0) is 11.2 Å². The first kappa shape index (κ1) is 18.3. The number of carbonyl (C=O) groups excluding carboxylic acids is 2. The van der Waals surface area contributed by atoms with Gasteiger partial charge >= 0.3 is 6.03 Å². The molecule has 0 aromatic carbocycles. The number of nitrogens with one attached hydrogen (secondary N) is 3. The molecule has 1 fully saturated rings. The van der Waals surface area contributed by atoms with Gasteiger partial charge in [0.25, 0.3) is 0 Å². The van der Waals surface area contributed by atoms with Crippen molar-refractivity contribution in [1.82, 2.24) is 25.7 Å². The molecular formula is C16H27N5O3. The third-order valence-electron chi connectivity index (χ3n) is 4.44. The number of likely N-dealkylation sites (tertiary alicyclic amines) is 1. The zero-order valence-electron chi connectivity index (χ0n) is 14.0. The van der Waals surface area contributed by atoms with Crippen molar-refractivity contribution < 1.29 is 14.7 Å². The number of hydrogen-bond donors (Lipinski definition) is 4. The highest BCUT2D eigenvalue weighted by Gasteiger charge is 2.22. The second kappa shape index (κ2) is 9.92. The Hall–Kier alpha value is -2.09. The third kappa shape index (κ3) is 6.19. The maximum absolute atomic E-state index is 12.2. The number of urea groups is 1. The lowest BCUT2D eigenvalue weighted by Crippen LogP contribution is -2.39. The molecule has 0 saturated carbocycles. The topological polar surface area (TPSA) is 110 Å². The SMILES string of the molecule is O=C(NCO)NCCCCC1CCN(C(=O)Cc2cn[nH]c2)CC1. The lowest BCUT2D eigenvalue weighted by Gasteiger charge is -2.32. The number of aliphatic hydroxyl groups is 1. The van der Waals surface area contributed by atoms with Crippen molar-refractivity contribution in [3.8, 4) is 0 Å². The molecule has 4 N–H and O–H groups in total. The molecule has 134 valence electrons. The molecule has 2 heterocycles. The van der Waals surface area contributed by atoms with Crippen LogP contribution in [0.5, 0.6) is 0 Å². The van der Waals surface area contributed by atoms with E-state index in [4.69, 9.17) is 5.11 Å². The minimum absolute atomic E-state index is 0.175. The number of aromatic amines is 1. The molecule has 0 radical (unpaired) electrons. The maximum Gasteiger partial charge on any atom is 0.316 e. The molecule has 1 aromatic rings. The van der Waals surface area contributed by atoms with E-state index >= 15 is 0 Å². The van der Waals surface area contributed by atoms with Gasteiger partial charge in [0.05, 0.1) is 12.6 Å². The Morgan fingerprint density at radius 3 is 2.75 bits per heavy atom. The molecule has 24 heavy (non-hydrogen) atoms. The van der Waals surface area contributed by atoms with Crippen molar-refractivity contribution >= 4 is 11.9 Å². The molecule has 0 spiro atoms. The number of aliphatic hydroxyl groups excluding tert-OH is 1. The Bertz CT molecular complexity index is 498. The summed E-state index contributed by atoms with van der Waals surface area (Å²) in [7, 11) is 0. The molecule has 0 aliphatic carbocycles. The zero-order valence-corrected chi connectivity index (χ0v) is 14.0. The summed E-state index contributed by atoms with van der Waals surface area (Å²) in [5.41, 5.74) is 0.930. The third-order valence-corrected chi connectivity index (χ3v) is 4.44. The predicted molar refractivity (Wildman–Crippen MR) is 89.1 cm³/mol. The highest BCUT2D eigenvalue weighted by atomic mass is 16.3. The van der Waals surface area contributed by atoms with Gasteiger partial charge in [-0.15, -0.1) is 0 Å². The van der Waals surface area contributed by atoms with Crippen LogP contribution in [-0.4, -0.2) is 58.5 Å². The van der Waals surface area contributed by atoms with Crippen molar-refractivity contribution in [1.29, 1.82) is 0 Å². The number of aromatic nitrogens is 2. The van der Waals surface area contributed by atoms with E-state index in [1.807, 2.05) is 4.90 Å². The number of hydrogen-bond acceptors (Lipinski definition) is 4. The quantitative estimate of drug-likeness (QED) is 0.411. The van der Waals surface area contributed by atoms with Crippen LogP contribution in [0.25, 0.3) is 0 Å². The minimum atomic E-state index is -0.344. The van der Waals surface area contributed by atoms with Crippen LogP contribution in [0.2, 0.25) is 0 Å². The van der Waals surface area contributed by atoms with Gasteiger partial charge in [0.2, 0.25) is 5.91 Å². The van der Waals surface area contributed by atoms with Crippen LogP contribution < -0.4 is 10.6 Å². The fourth-order valence-electron chi connectivity index (χ4n) is 3.03. The van der Waals surface area contributed by atoms with Crippen molar-refractivity contribution in [3.63, 3.8) is 0 Å². The highest BCUT2D eigenvalue weighted by Crippen LogP contribution is 2.22. The van der Waals surface area contributed by atoms with Gasteiger partial charge in [-0.05, 0) is 30.7 Å². The Balaban J connectivity index is 1.54. The second-order valence-corrected chi connectivity index (χ2v) is 6.19. The Morgan fingerprint density at radius 2 is 2.08 bits per heavy atom. The van der Waals surface area contributed by atoms with Gasteiger partial charge in [0, 0.05) is 25.8 Å². The molecule has 0 bridgehead atoms. The summed E-state index contributed by atoms with van der Waals surface area (Å²) < 4.78 is 0. The molecule has 8 heteroatoms. The molecule has 2 rings (SSSR count). The average Bonchev–Trinajstić information content (AvgIpc) is 3.08. The number of carbonyl (C=O) groups is 2. The van der Waals surface area contributed by atoms with E-state index in [-0.39, 0.29) is 18.7 Å². The molecule has 0 atom stereocenters. The van der Waals surface area contributed by atoms with E-state index in [1.54, 1.807) is 12.4 Å². The van der Waals surface area contributed by atoms with Crippen molar-refractivity contribution in [2.24, 2.45) is 5.92 Å². The zero-order chi connectivity index (χ0) is 17.2. The summed E-state index contributed by atoms with van der Waals surface area (Å²) in [5.74, 6) is 0.836. The van der Waals surface area contributed by atoms with E-state index < -0.39 is 0 Å². The van der Waals surface area contributed by atoms with Crippen LogP contribution in [0.15, 0.2) is 12.4 Å². The fourth-order valence-corrected chi connectivity index (χ4v) is 3.03. The van der Waals surface area contributed by atoms with Gasteiger partial charge < -0.3 is 20.6 Å². The number of H-pyrrole nitrogens is 1. The molecule has 0 unspecified atom stereocenters. The van der Waals surface area contributed by atoms with Crippen molar-refractivity contribution in [3.05, 3.63) is 18.0 Å². The first-order valence-electron chi connectivity index (χ1n) is 8.57. The first-order chi connectivity index (χ1) is 11.7. The van der Waals surface area contributed by atoms with Crippen LogP contribution in [0, 0.1) is 5.92 Å². The van der Waals surface area contributed by atoms with E-state index in [0.717, 1.165) is 50.8 Å². The molecular weight excluding hydrogens is 310 g/mol. The summed E-state index contributed by atoms with van der Waals surface area (Å²) >= 11 is 0. The number of piperidine rings is 1. The number of unbranched alkanes of at least 4 members (excludes halogenated alkanes) is 1. The Labute approximate surface area is 142 Å². The van der Waals surface area contributed by atoms with E-state index in [2.05, 4.69) is 20.8 Å². The monoisotopic (exact) mass is 337 g/mol. The predicted octanol–water partition coefficient (Wildman–Crippen LogP) is 0.610. The summed E-state index contributed by atoms with van der Waals surface area (Å²) in [6.07, 6.45) is 9.10. The first-order valence-corrected chi connectivity index (χ1v) is 8.57. The van der Waals surface area contributed by atoms with Gasteiger partial charge in [-0.2, -0.15) is 5.10 Å². The minimum Gasteiger partial charge on any atom is -0.376 e. The lowest BCUT2D eigenvalue weighted by molar-refractivity contribution is -0.131. The smallest absolute Gasteiger partial charge is 0.316 e. The lowest BCUT2D eigenvalue weighted by atomic mass is 9.91. The van der Waals surface area contributed by atoms with Crippen LogP contribution in [0.3, 0.4) is 0 Å². The van der Waals surface area contributed by atoms with Gasteiger partial charge in [0.15, 0.2) is 0 Å². The van der Waals surface area contributed by atoms with Crippen LogP contribution in [0.4, 0.5) is 4.79 Å². The Morgan fingerprint density at radius 1 is 1.29 bits per heavy atom. The summed E-state index contributed by atoms with van der Waals surface area (Å²) in [5, 5.41) is 20.1. The summed E-state index contributed by atoms with van der Waals surface area (Å²) in [4.78, 5) is 25.3. The Kier molecular flexibility index (Phi) is 7.54. The molecule has 1 aromatic heterocycles. The van der Waals surface area contributed by atoms with E-state index in [0.29, 0.717) is 18.9 Å². The number of nitrogens with zero attached hydrogens (tertiary/aromatic N) is 2. The number of amides is 3. The van der Waals surface area contributed by atoms with Gasteiger partial charge in [-0.1, -0.05) is 12.8 Å². The van der Waals surface area contributed by atoms with Crippen molar-refractivity contribution in [2.75, 3.05) is 26.4 Å². The van der Waals surface area contributed by atoms with Gasteiger partial charge in [0.1, 0.15) is 6.73 Å². The molecule has 1 aliphatic rings. The van der Waals surface area contributed by atoms with Gasteiger partial charge in [-0.25, -0.2) is 4.79 Å². The van der Waals surface area contributed by atoms with Crippen LogP contribution >= 0.6 is 0 Å². The van der Waals surface area contributed by atoms with E-state index in [9.17, 15) is 9.59 Å². The van der Waals surface area contributed by atoms with Gasteiger partial charge in [-0.3, -0.25) is 9.89 Å². The average molecular weight is 337 g/mol. The highest BCUT2D eigenvalue weighted by molar-refractivity contribution is 5.78. The maximum atomic E-state index is 12.2. The largest absolute Gasteiger partial charge is 0.376 e. The second-order valence-electron chi connectivity index (χ2n) is 6.19. The standard InChI is InChI=1S/C16H27N5O3/c22-12-18-16(24)17-6-2-1-3-13-4-7-21(8-5-13)15(23)9-14-10-19-20-11-14/h10-11,13,22H,1-9,12H2,(H,19,20)(H2,17,18,24). The normalized spacial score (nSPS) is 15.3. The molecule has 3 amide bonds. The summed E-state index contributed by atoms with van der Waals surface area (Å²) in [6.45, 7) is 1.94. The molecule has 1 saturated heterocycles. The van der Waals surface area contributed by atoms with Crippen LogP contribution in [0.1, 0.15) is 37.7 Å². The fraction of sp³-hybridized carbons (Fsp3) is 0.688.